The molecule has 0 heterocycles. The van der Waals surface area contributed by atoms with Crippen LogP contribution < -0.4 is 0 Å². The van der Waals surface area contributed by atoms with Crippen molar-refractivity contribution in [2.45, 2.75) is 26.2 Å². The molecule has 0 spiro atoms. The summed E-state index contributed by atoms with van der Waals surface area (Å²) in [5.41, 5.74) is 0. The van der Waals surface area contributed by atoms with Crippen LogP contribution in [0.3, 0.4) is 0 Å². The van der Waals surface area contributed by atoms with Gasteiger partial charge in [0.25, 0.3) is 0 Å². The maximum Gasteiger partial charge on any atom is 0.316 e. The summed E-state index contributed by atoms with van der Waals surface area (Å²) in [5.74, 6) is -0.378. The van der Waals surface area contributed by atoms with E-state index < -0.39 is 5.92 Å². The highest BCUT2D eigenvalue weighted by Gasteiger charge is 2.32. The molecule has 0 bridgehead atoms. The van der Waals surface area contributed by atoms with E-state index in [9.17, 15) is 9.59 Å². The van der Waals surface area contributed by atoms with Gasteiger partial charge in [0, 0.05) is 6.42 Å². The van der Waals surface area contributed by atoms with Crippen molar-refractivity contribution in [3.63, 3.8) is 0 Å². The fraction of sp³-hybridized carbons (Fsp3) is 0.778. The third-order valence-electron chi connectivity index (χ3n) is 2.37. The van der Waals surface area contributed by atoms with E-state index in [2.05, 4.69) is 4.74 Å². The van der Waals surface area contributed by atoms with Crippen LogP contribution in [0.5, 0.6) is 0 Å². The molecule has 1 saturated carbocycles. The van der Waals surface area contributed by atoms with E-state index in [0.717, 1.165) is 6.42 Å². The maximum absolute atomic E-state index is 11.3. The van der Waals surface area contributed by atoms with E-state index in [1.807, 2.05) is 6.92 Å². The largest absolute Gasteiger partial charge is 0.468 e. The van der Waals surface area contributed by atoms with Crippen molar-refractivity contribution in [3.8, 4) is 0 Å². The molecule has 1 aliphatic rings. The van der Waals surface area contributed by atoms with Gasteiger partial charge in [-0.3, -0.25) is 9.59 Å². The Balaban J connectivity index is 2.56. The van der Waals surface area contributed by atoms with Crippen LogP contribution in [0.25, 0.3) is 0 Å². The Morgan fingerprint density at radius 1 is 1.50 bits per heavy atom. The fourth-order valence-electron chi connectivity index (χ4n) is 1.59. The first-order valence-electron chi connectivity index (χ1n) is 4.25. The fourth-order valence-corrected chi connectivity index (χ4v) is 1.59. The molecule has 2 atom stereocenters. The van der Waals surface area contributed by atoms with Gasteiger partial charge in [-0.25, -0.2) is 0 Å². The first kappa shape index (κ1) is 9.23. The van der Waals surface area contributed by atoms with Gasteiger partial charge in [-0.1, -0.05) is 6.92 Å². The topological polar surface area (TPSA) is 43.4 Å². The molecule has 0 aromatic carbocycles. The van der Waals surface area contributed by atoms with Gasteiger partial charge in [0.05, 0.1) is 7.11 Å². The van der Waals surface area contributed by atoms with Crippen LogP contribution in [0.1, 0.15) is 26.2 Å². The van der Waals surface area contributed by atoms with Crippen molar-refractivity contribution in [2.75, 3.05) is 7.11 Å². The molecule has 0 aliphatic heterocycles. The third kappa shape index (κ3) is 1.84. The predicted octanol–water partition coefficient (Wildman–Crippen LogP) is 1.16. The summed E-state index contributed by atoms with van der Waals surface area (Å²) in [4.78, 5) is 22.3. The van der Waals surface area contributed by atoms with E-state index >= 15 is 0 Å². The van der Waals surface area contributed by atoms with Gasteiger partial charge in [-0.2, -0.15) is 0 Å². The van der Waals surface area contributed by atoms with Gasteiger partial charge in [-0.05, 0) is 18.8 Å². The summed E-state index contributed by atoms with van der Waals surface area (Å²) in [6.07, 6.45) is 2.14. The van der Waals surface area contributed by atoms with Crippen molar-refractivity contribution in [3.05, 3.63) is 0 Å². The van der Waals surface area contributed by atoms with Crippen molar-refractivity contribution in [1.82, 2.24) is 0 Å². The van der Waals surface area contributed by atoms with Crippen LogP contribution in [0, 0.1) is 11.8 Å². The zero-order valence-corrected chi connectivity index (χ0v) is 7.50. The number of carbonyl (C=O) groups is 2. The van der Waals surface area contributed by atoms with Gasteiger partial charge in [0.1, 0.15) is 11.7 Å². The Morgan fingerprint density at radius 3 is 2.67 bits per heavy atom. The highest BCUT2D eigenvalue weighted by Crippen LogP contribution is 2.26. The SMILES string of the molecule is COC(=O)[C@H]1CC[C@H](C)CC1=O. The third-order valence-corrected chi connectivity index (χ3v) is 2.37. The second-order valence-corrected chi connectivity index (χ2v) is 3.43. The van der Waals surface area contributed by atoms with Crippen LogP contribution in [0.15, 0.2) is 0 Å². The van der Waals surface area contributed by atoms with Crippen molar-refractivity contribution in [2.24, 2.45) is 11.8 Å². The monoisotopic (exact) mass is 170 g/mol. The Morgan fingerprint density at radius 2 is 2.17 bits per heavy atom. The number of ether oxygens (including phenoxy) is 1. The van der Waals surface area contributed by atoms with Gasteiger partial charge < -0.3 is 4.74 Å². The quantitative estimate of drug-likeness (QED) is 0.438. The minimum Gasteiger partial charge on any atom is -0.468 e. The molecule has 1 rings (SSSR count). The molecular weight excluding hydrogens is 156 g/mol. The zero-order chi connectivity index (χ0) is 9.14. The normalized spacial score (nSPS) is 30.0. The molecule has 0 amide bonds. The van der Waals surface area contributed by atoms with Gasteiger partial charge in [0.2, 0.25) is 0 Å². The Hall–Kier alpha value is -0.860. The average molecular weight is 170 g/mol. The van der Waals surface area contributed by atoms with E-state index in [1.165, 1.54) is 7.11 Å². The number of ketones is 1. The second kappa shape index (κ2) is 3.70. The highest BCUT2D eigenvalue weighted by molar-refractivity contribution is 5.99. The standard InChI is InChI=1S/C9H14O3/c1-6-3-4-7(8(10)5-6)9(11)12-2/h6-7H,3-5H2,1-2H3/t6-,7-/m0/s1. The van der Waals surface area contributed by atoms with E-state index in [1.54, 1.807) is 0 Å². The Bertz CT molecular complexity index is 198. The predicted molar refractivity (Wildman–Crippen MR) is 43.5 cm³/mol. The zero-order valence-electron chi connectivity index (χ0n) is 7.50. The summed E-state index contributed by atoms with van der Waals surface area (Å²) in [7, 11) is 1.33. The lowest BCUT2D eigenvalue weighted by Gasteiger charge is -2.22. The molecule has 1 aliphatic carbocycles. The molecular formula is C9H14O3. The van der Waals surface area contributed by atoms with Crippen LogP contribution in [0.2, 0.25) is 0 Å². The molecule has 12 heavy (non-hydrogen) atoms. The number of methoxy groups -OCH3 is 1. The molecule has 1 fully saturated rings. The van der Waals surface area contributed by atoms with Crippen molar-refractivity contribution in [1.29, 1.82) is 0 Å². The summed E-state index contributed by atoms with van der Waals surface area (Å²) in [6.45, 7) is 2.03. The van der Waals surface area contributed by atoms with Crippen molar-refractivity contribution < 1.29 is 14.3 Å². The molecule has 0 aromatic rings. The van der Waals surface area contributed by atoms with E-state index in [4.69, 9.17) is 0 Å². The molecule has 3 nitrogen and oxygen atoms in total. The summed E-state index contributed by atoms with van der Waals surface area (Å²) in [6, 6.07) is 0. The molecule has 68 valence electrons. The maximum atomic E-state index is 11.3. The van der Waals surface area contributed by atoms with Crippen LogP contribution >= 0.6 is 0 Å². The average Bonchev–Trinajstić information content (AvgIpc) is 2.03. The molecule has 0 saturated heterocycles. The van der Waals surface area contributed by atoms with Gasteiger partial charge >= 0.3 is 5.97 Å². The molecule has 0 aromatic heterocycles. The van der Waals surface area contributed by atoms with E-state index in [0.29, 0.717) is 18.8 Å². The van der Waals surface area contributed by atoms with Crippen LogP contribution in [-0.2, 0) is 14.3 Å². The molecule has 3 heteroatoms. The van der Waals surface area contributed by atoms with E-state index in [-0.39, 0.29) is 11.8 Å². The number of hydrogen-bond acceptors (Lipinski definition) is 3. The lowest BCUT2D eigenvalue weighted by molar-refractivity contribution is -0.151. The summed E-state index contributed by atoms with van der Waals surface area (Å²) < 4.78 is 4.54. The lowest BCUT2D eigenvalue weighted by atomic mass is 9.82. The number of Topliss-reactive ketones (excluding diaryl/α,β-unsaturated/α-hetero) is 1. The smallest absolute Gasteiger partial charge is 0.316 e. The second-order valence-electron chi connectivity index (χ2n) is 3.43. The van der Waals surface area contributed by atoms with Gasteiger partial charge in [-0.15, -0.1) is 0 Å². The minimum absolute atomic E-state index is 0.0422. The lowest BCUT2D eigenvalue weighted by Crippen LogP contribution is -2.30. The summed E-state index contributed by atoms with van der Waals surface area (Å²) >= 11 is 0. The van der Waals surface area contributed by atoms with Crippen molar-refractivity contribution >= 4 is 11.8 Å². The number of hydrogen-bond donors (Lipinski definition) is 0. The minimum atomic E-state index is -0.480. The Labute approximate surface area is 72.1 Å². The van der Waals surface area contributed by atoms with Gasteiger partial charge in [0.15, 0.2) is 0 Å². The highest BCUT2D eigenvalue weighted by atomic mass is 16.5. The number of carbonyl (C=O) groups excluding carboxylic acids is 2. The molecule has 0 radical (unpaired) electrons. The molecule has 0 N–H and O–H groups in total. The Kier molecular flexibility index (Phi) is 2.84. The number of rotatable bonds is 1. The molecule has 0 unspecified atom stereocenters. The first-order chi connectivity index (χ1) is 5.65. The van der Waals surface area contributed by atoms with Crippen LogP contribution in [-0.4, -0.2) is 18.9 Å². The summed E-state index contributed by atoms with van der Waals surface area (Å²) in [5, 5.41) is 0. The van der Waals surface area contributed by atoms with Crippen LogP contribution in [0.4, 0.5) is 0 Å². The first-order valence-corrected chi connectivity index (χ1v) is 4.25. The number of esters is 1.